The van der Waals surface area contributed by atoms with E-state index in [1.54, 1.807) is 7.05 Å². The Balaban J connectivity index is -0.000000223. The quantitative estimate of drug-likeness (QED) is 0.118. The Bertz CT molecular complexity index is 317. The molecule has 0 unspecified atom stereocenters. The van der Waals surface area contributed by atoms with E-state index in [1.807, 2.05) is 11.9 Å². The number of nitrogens with one attached hydrogen (secondary N) is 1. The summed E-state index contributed by atoms with van der Waals surface area (Å²) in [5.41, 5.74) is 10.2. The van der Waals surface area contributed by atoms with Crippen LogP contribution in [0.4, 0.5) is 0 Å². The molecule has 0 radical (unpaired) electrons. The summed E-state index contributed by atoms with van der Waals surface area (Å²) in [5.74, 6) is -0.0148. The third-order valence-corrected chi connectivity index (χ3v) is 1.64. The number of nitrogens with two attached hydrogens (primary N) is 2. The highest BCUT2D eigenvalue weighted by atomic mass is 32.3. The first-order chi connectivity index (χ1) is 8.99. The van der Waals surface area contributed by atoms with Crippen LogP contribution in [0.3, 0.4) is 0 Å². The molecule has 0 aliphatic heterocycles. The summed E-state index contributed by atoms with van der Waals surface area (Å²) in [7, 11) is -1.16. The molecule has 0 bridgehead atoms. The van der Waals surface area contributed by atoms with Gasteiger partial charge < -0.3 is 26.6 Å². The number of aliphatic hydroxyl groups is 2. The van der Waals surface area contributed by atoms with E-state index in [4.69, 9.17) is 44.6 Å². The van der Waals surface area contributed by atoms with Crippen molar-refractivity contribution in [3.63, 3.8) is 0 Å². The van der Waals surface area contributed by atoms with E-state index in [0.717, 1.165) is 0 Å². The van der Waals surface area contributed by atoms with E-state index in [-0.39, 0.29) is 19.2 Å². The second-order valence-electron chi connectivity index (χ2n) is 3.46. The molecule has 124 valence electrons. The molecule has 0 heterocycles. The van der Waals surface area contributed by atoms with Crippen molar-refractivity contribution < 1.29 is 27.7 Å². The number of likely N-dealkylation sites (N-methyl/N-ethyl adjacent to an activating group) is 2. The molecule has 0 amide bonds. The Morgan fingerprint density at radius 1 is 1.15 bits per heavy atom. The second-order valence-corrected chi connectivity index (χ2v) is 4.36. The molecule has 0 aromatic heterocycles. The summed E-state index contributed by atoms with van der Waals surface area (Å²) in [6.45, 7) is 1.83. The number of aliphatic hydroxyl groups excluding tert-OH is 2. The van der Waals surface area contributed by atoms with Gasteiger partial charge in [0.05, 0.1) is 13.2 Å². The van der Waals surface area contributed by atoms with Crippen LogP contribution >= 0.6 is 0 Å². The first-order valence-corrected chi connectivity index (χ1v) is 6.74. The topological polar surface area (TPSA) is 197 Å². The van der Waals surface area contributed by atoms with Crippen molar-refractivity contribution in [1.82, 2.24) is 9.80 Å². The normalized spacial score (nSPS) is 10.0. The molecule has 0 atom stereocenters. The minimum absolute atomic E-state index is 0.0148. The van der Waals surface area contributed by atoms with Crippen LogP contribution in [-0.4, -0.2) is 90.6 Å². The van der Waals surface area contributed by atoms with E-state index in [1.165, 1.54) is 4.90 Å². The van der Waals surface area contributed by atoms with Gasteiger partial charge in [0.2, 0.25) is 0 Å². The van der Waals surface area contributed by atoms with E-state index in [0.29, 0.717) is 19.8 Å². The molecule has 0 fully saturated rings. The van der Waals surface area contributed by atoms with E-state index >= 15 is 0 Å². The number of hydrogen-bond donors (Lipinski definition) is 7. The molecule has 11 nitrogen and oxygen atoms in total. The zero-order valence-electron chi connectivity index (χ0n) is 11.6. The molecule has 0 rings (SSSR count). The largest absolute Gasteiger partial charge is 0.395 e. The van der Waals surface area contributed by atoms with Crippen LogP contribution in [0.1, 0.15) is 0 Å². The predicted molar refractivity (Wildman–Crippen MR) is 74.6 cm³/mol. The van der Waals surface area contributed by atoms with Gasteiger partial charge in [-0.2, -0.15) is 8.42 Å². The lowest BCUT2D eigenvalue weighted by atomic mass is 10.6. The van der Waals surface area contributed by atoms with Crippen LogP contribution in [-0.2, 0) is 10.4 Å². The fourth-order valence-electron chi connectivity index (χ4n) is 0.532. The number of rotatable bonds is 5. The Kier molecular flexibility index (Phi) is 17.3. The van der Waals surface area contributed by atoms with Crippen LogP contribution in [0, 0.1) is 5.41 Å². The van der Waals surface area contributed by atoms with Crippen LogP contribution < -0.4 is 11.5 Å². The van der Waals surface area contributed by atoms with Crippen LogP contribution in [0.15, 0.2) is 0 Å². The van der Waals surface area contributed by atoms with Gasteiger partial charge in [-0.1, -0.05) is 0 Å². The van der Waals surface area contributed by atoms with Gasteiger partial charge in [-0.05, 0) is 7.05 Å². The second kappa shape index (κ2) is 14.4. The first kappa shape index (κ1) is 24.0. The molecule has 0 aromatic carbocycles. The summed E-state index contributed by atoms with van der Waals surface area (Å²) in [4.78, 5) is 3.29. The third kappa shape index (κ3) is 36.0. The van der Waals surface area contributed by atoms with E-state index < -0.39 is 10.4 Å². The smallest absolute Gasteiger partial charge is 0.394 e. The lowest BCUT2D eigenvalue weighted by molar-refractivity contribution is 0.224. The Morgan fingerprint density at radius 2 is 1.50 bits per heavy atom. The Labute approximate surface area is 118 Å². The number of hydrogen-bond acceptors (Lipinski definition) is 7. The van der Waals surface area contributed by atoms with Crippen LogP contribution in [0.25, 0.3) is 0 Å². The lowest BCUT2D eigenvalue weighted by Gasteiger charge is -2.13. The van der Waals surface area contributed by atoms with Crippen molar-refractivity contribution in [2.24, 2.45) is 11.5 Å². The molecule has 0 spiro atoms. The Morgan fingerprint density at radius 3 is 1.60 bits per heavy atom. The van der Waals surface area contributed by atoms with Gasteiger partial charge in [-0.15, -0.1) is 0 Å². The number of guanidine groups is 1. The average molecular weight is 319 g/mol. The SMILES string of the molecule is CN(CCO)C(=N)N.CN(CN)CCO.O=S(=O)(O)O. The van der Waals surface area contributed by atoms with Gasteiger partial charge in [-0.3, -0.25) is 19.4 Å². The molecular formula is C8H25N5O6S. The minimum atomic E-state index is -4.67. The zero-order valence-corrected chi connectivity index (χ0v) is 12.4. The summed E-state index contributed by atoms with van der Waals surface area (Å²) in [6.07, 6.45) is 0. The van der Waals surface area contributed by atoms with Crippen molar-refractivity contribution >= 4 is 16.4 Å². The molecule has 20 heavy (non-hydrogen) atoms. The van der Waals surface area contributed by atoms with Crippen molar-refractivity contribution in [3.05, 3.63) is 0 Å². The number of nitrogens with zero attached hydrogens (tertiary/aromatic N) is 2. The van der Waals surface area contributed by atoms with Crippen LogP contribution in [0.2, 0.25) is 0 Å². The highest BCUT2D eigenvalue weighted by Gasteiger charge is 1.94. The van der Waals surface area contributed by atoms with Gasteiger partial charge in [0, 0.05) is 26.8 Å². The molecular weight excluding hydrogens is 294 g/mol. The third-order valence-electron chi connectivity index (χ3n) is 1.64. The summed E-state index contributed by atoms with van der Waals surface area (Å²) in [5, 5.41) is 23.4. The maximum absolute atomic E-state index is 8.74. The van der Waals surface area contributed by atoms with Crippen molar-refractivity contribution in [2.45, 2.75) is 0 Å². The molecule has 0 saturated carbocycles. The Hall–Kier alpha value is -1.02. The molecule has 0 aliphatic carbocycles. The van der Waals surface area contributed by atoms with Crippen molar-refractivity contribution in [3.8, 4) is 0 Å². The van der Waals surface area contributed by atoms with E-state index in [2.05, 4.69) is 0 Å². The summed E-state index contributed by atoms with van der Waals surface area (Å²) in [6, 6.07) is 0. The monoisotopic (exact) mass is 319 g/mol. The standard InChI is InChI=1S/C4H11N3O.C4H12N2O.H2O4S/c1-7(2-3-8)4(5)6;1-6(4-5)2-3-7;1-5(2,3)4/h8H,2-3H2,1H3,(H3,5,6);7H,2-5H2,1H3;(H2,1,2,3,4). The van der Waals surface area contributed by atoms with Crippen LogP contribution in [0.5, 0.6) is 0 Å². The van der Waals surface area contributed by atoms with Gasteiger partial charge >= 0.3 is 10.4 Å². The minimum Gasteiger partial charge on any atom is -0.395 e. The zero-order chi connectivity index (χ0) is 16.8. The maximum atomic E-state index is 8.74. The lowest BCUT2D eigenvalue weighted by Crippen LogP contribution is -2.34. The fraction of sp³-hybridized carbons (Fsp3) is 0.875. The van der Waals surface area contributed by atoms with Crippen molar-refractivity contribution in [1.29, 1.82) is 5.41 Å². The highest BCUT2D eigenvalue weighted by Crippen LogP contribution is 1.74. The molecule has 12 heteroatoms. The van der Waals surface area contributed by atoms with Crippen molar-refractivity contribution in [2.75, 3.05) is 47.1 Å². The fourth-order valence-corrected chi connectivity index (χ4v) is 0.532. The van der Waals surface area contributed by atoms with E-state index in [9.17, 15) is 0 Å². The van der Waals surface area contributed by atoms with Gasteiger partial charge in [0.1, 0.15) is 0 Å². The summed E-state index contributed by atoms with van der Waals surface area (Å²) < 4.78 is 31.6. The maximum Gasteiger partial charge on any atom is 0.394 e. The molecule has 9 N–H and O–H groups in total. The van der Waals surface area contributed by atoms with Gasteiger partial charge in [0.25, 0.3) is 0 Å². The average Bonchev–Trinajstić information content (AvgIpc) is 2.28. The summed E-state index contributed by atoms with van der Waals surface area (Å²) >= 11 is 0. The molecule has 0 aliphatic rings. The van der Waals surface area contributed by atoms with Gasteiger partial charge in [0.15, 0.2) is 5.96 Å². The predicted octanol–water partition coefficient (Wildman–Crippen LogP) is -3.02. The highest BCUT2D eigenvalue weighted by molar-refractivity contribution is 7.79. The van der Waals surface area contributed by atoms with Gasteiger partial charge in [-0.25, -0.2) is 0 Å². The molecule has 0 aromatic rings. The molecule has 0 saturated heterocycles. The first-order valence-electron chi connectivity index (χ1n) is 5.34.